The van der Waals surface area contributed by atoms with E-state index in [-0.39, 0.29) is 5.57 Å². The number of amides is 2. The van der Waals surface area contributed by atoms with E-state index < -0.39 is 11.8 Å². The van der Waals surface area contributed by atoms with Gasteiger partial charge in [-0.25, -0.2) is 5.01 Å². The van der Waals surface area contributed by atoms with Gasteiger partial charge in [0.1, 0.15) is 12.2 Å². The number of hydrogen-bond donors (Lipinski definition) is 1. The molecule has 6 nitrogen and oxygen atoms in total. The maximum Gasteiger partial charge on any atom is 0.282 e. The molecular formula is C25H21ClN2O4. The van der Waals surface area contributed by atoms with Crippen molar-refractivity contribution in [2.24, 2.45) is 0 Å². The van der Waals surface area contributed by atoms with E-state index in [4.69, 9.17) is 21.1 Å². The number of nitrogens with zero attached hydrogens (tertiary/aromatic N) is 1. The number of hydrazine groups is 1. The summed E-state index contributed by atoms with van der Waals surface area (Å²) in [5.74, 6) is -0.140. The Morgan fingerprint density at radius 1 is 1.03 bits per heavy atom. The first kappa shape index (κ1) is 21.5. The van der Waals surface area contributed by atoms with Crippen LogP contribution in [0.2, 0.25) is 5.02 Å². The van der Waals surface area contributed by atoms with Gasteiger partial charge in [0.2, 0.25) is 0 Å². The standard InChI is InChI=1S/C25H21ClN2O4/c1-16-7-6-8-17(11-16)15-32-23-21(26)13-18(14-22(23)31-2)12-20-24(29)27-28(25(20)30)19-9-4-3-5-10-19/h3-14H,15H2,1-2H3,(H,27,29)/b20-12-. The van der Waals surface area contributed by atoms with Crippen LogP contribution in [0.3, 0.4) is 0 Å². The maximum atomic E-state index is 12.8. The first-order valence-electron chi connectivity index (χ1n) is 9.94. The molecule has 3 aromatic carbocycles. The molecule has 0 unspecified atom stereocenters. The molecule has 1 N–H and O–H groups in total. The Bertz CT molecular complexity index is 1210. The van der Waals surface area contributed by atoms with Gasteiger partial charge in [0.25, 0.3) is 11.8 Å². The van der Waals surface area contributed by atoms with Gasteiger partial charge in [-0.15, -0.1) is 0 Å². The van der Waals surface area contributed by atoms with Crippen LogP contribution in [0.4, 0.5) is 5.69 Å². The predicted molar refractivity (Wildman–Crippen MR) is 124 cm³/mol. The van der Waals surface area contributed by atoms with Crippen molar-refractivity contribution in [1.29, 1.82) is 0 Å². The van der Waals surface area contributed by atoms with Gasteiger partial charge in [-0.2, -0.15) is 0 Å². The Balaban J connectivity index is 1.59. The molecule has 162 valence electrons. The van der Waals surface area contributed by atoms with E-state index in [0.717, 1.165) is 11.1 Å². The first-order chi connectivity index (χ1) is 15.5. The minimum atomic E-state index is -0.492. The van der Waals surface area contributed by atoms with Crippen LogP contribution in [-0.4, -0.2) is 18.9 Å². The van der Waals surface area contributed by atoms with Crippen LogP contribution in [0, 0.1) is 6.92 Å². The summed E-state index contributed by atoms with van der Waals surface area (Å²) >= 11 is 6.46. The average molecular weight is 449 g/mol. The van der Waals surface area contributed by atoms with Crippen LogP contribution in [-0.2, 0) is 16.2 Å². The van der Waals surface area contributed by atoms with E-state index in [1.807, 2.05) is 37.3 Å². The highest BCUT2D eigenvalue weighted by molar-refractivity contribution is 6.33. The van der Waals surface area contributed by atoms with Crippen LogP contribution in [0.5, 0.6) is 11.5 Å². The van der Waals surface area contributed by atoms with Crippen LogP contribution in [0.15, 0.2) is 72.3 Å². The topological polar surface area (TPSA) is 67.9 Å². The molecule has 3 aromatic rings. The van der Waals surface area contributed by atoms with Crippen molar-refractivity contribution in [2.45, 2.75) is 13.5 Å². The Kier molecular flexibility index (Phi) is 6.14. The fraction of sp³-hybridized carbons (Fsp3) is 0.120. The van der Waals surface area contributed by atoms with Crippen LogP contribution in [0.1, 0.15) is 16.7 Å². The van der Waals surface area contributed by atoms with E-state index in [1.165, 1.54) is 18.2 Å². The molecule has 0 atom stereocenters. The van der Waals surface area contributed by atoms with Gasteiger partial charge in [-0.3, -0.25) is 15.0 Å². The van der Waals surface area contributed by atoms with Gasteiger partial charge in [0, 0.05) is 0 Å². The number of carbonyl (C=O) groups excluding carboxylic acids is 2. The zero-order valence-electron chi connectivity index (χ0n) is 17.6. The number of hydrogen-bond acceptors (Lipinski definition) is 4. The van der Waals surface area contributed by atoms with Crippen molar-refractivity contribution in [1.82, 2.24) is 5.43 Å². The summed E-state index contributed by atoms with van der Waals surface area (Å²) in [5.41, 5.74) is 5.83. The molecular weight excluding hydrogens is 428 g/mol. The molecule has 1 aliphatic rings. The smallest absolute Gasteiger partial charge is 0.282 e. The largest absolute Gasteiger partial charge is 0.493 e. The minimum absolute atomic E-state index is 0.000372. The third-order valence-corrected chi connectivity index (χ3v) is 5.22. The molecule has 0 aliphatic carbocycles. The van der Waals surface area contributed by atoms with E-state index >= 15 is 0 Å². The normalized spacial score (nSPS) is 14.6. The van der Waals surface area contributed by atoms with Gasteiger partial charge in [0.05, 0.1) is 17.8 Å². The molecule has 0 bridgehead atoms. The zero-order chi connectivity index (χ0) is 22.7. The van der Waals surface area contributed by atoms with Crippen molar-refractivity contribution in [3.63, 3.8) is 0 Å². The molecule has 7 heteroatoms. The average Bonchev–Trinajstić information content (AvgIpc) is 3.07. The number of nitrogens with one attached hydrogen (secondary N) is 1. The SMILES string of the molecule is COc1cc(/C=C2/C(=O)NN(c3ccccc3)C2=O)cc(Cl)c1OCc1cccc(C)c1. The van der Waals surface area contributed by atoms with Gasteiger partial charge < -0.3 is 9.47 Å². The molecule has 1 aliphatic heterocycles. The Morgan fingerprint density at radius 2 is 1.81 bits per heavy atom. The monoisotopic (exact) mass is 448 g/mol. The predicted octanol–water partition coefficient (Wildman–Crippen LogP) is 4.70. The molecule has 0 radical (unpaired) electrons. The number of carbonyl (C=O) groups is 2. The number of methoxy groups -OCH3 is 1. The third kappa shape index (κ3) is 4.45. The fourth-order valence-electron chi connectivity index (χ4n) is 3.40. The van der Waals surface area contributed by atoms with Crippen LogP contribution < -0.4 is 19.9 Å². The van der Waals surface area contributed by atoms with Crippen molar-refractivity contribution < 1.29 is 19.1 Å². The molecule has 0 spiro atoms. The highest BCUT2D eigenvalue weighted by Crippen LogP contribution is 2.38. The highest BCUT2D eigenvalue weighted by Gasteiger charge is 2.34. The van der Waals surface area contributed by atoms with Gasteiger partial charge in [-0.1, -0.05) is 59.6 Å². The quantitative estimate of drug-likeness (QED) is 0.438. The lowest BCUT2D eigenvalue weighted by Gasteiger charge is -2.14. The van der Waals surface area contributed by atoms with Crippen LogP contribution >= 0.6 is 11.6 Å². The summed E-state index contributed by atoms with van der Waals surface area (Å²) in [6.07, 6.45) is 1.49. The first-order valence-corrected chi connectivity index (χ1v) is 10.3. The number of anilines is 1. The Labute approximate surface area is 191 Å². The zero-order valence-corrected chi connectivity index (χ0v) is 18.3. The number of para-hydroxylation sites is 1. The summed E-state index contributed by atoms with van der Waals surface area (Å²) in [7, 11) is 1.51. The van der Waals surface area contributed by atoms with Crippen molar-refractivity contribution in [3.8, 4) is 11.5 Å². The van der Waals surface area contributed by atoms with E-state index in [1.54, 1.807) is 36.4 Å². The summed E-state index contributed by atoms with van der Waals surface area (Å²) in [4.78, 5) is 25.2. The maximum absolute atomic E-state index is 12.8. The van der Waals surface area contributed by atoms with E-state index in [0.29, 0.717) is 34.4 Å². The molecule has 1 saturated heterocycles. The van der Waals surface area contributed by atoms with Gasteiger partial charge >= 0.3 is 0 Å². The van der Waals surface area contributed by atoms with E-state index in [9.17, 15) is 9.59 Å². The van der Waals surface area contributed by atoms with E-state index in [2.05, 4.69) is 5.43 Å². The van der Waals surface area contributed by atoms with Crippen molar-refractivity contribution >= 4 is 35.2 Å². The molecule has 0 saturated carbocycles. The molecule has 1 heterocycles. The molecule has 1 fully saturated rings. The molecule has 32 heavy (non-hydrogen) atoms. The minimum Gasteiger partial charge on any atom is -0.493 e. The van der Waals surface area contributed by atoms with Crippen molar-refractivity contribution in [2.75, 3.05) is 12.1 Å². The number of halogens is 1. The summed E-state index contributed by atoms with van der Waals surface area (Å²) in [5, 5.41) is 1.53. The lowest BCUT2D eigenvalue weighted by molar-refractivity contribution is -0.117. The summed E-state index contributed by atoms with van der Waals surface area (Å²) in [6.45, 7) is 2.34. The second kappa shape index (κ2) is 9.16. The number of ether oxygens (including phenoxy) is 2. The second-order valence-corrected chi connectivity index (χ2v) is 7.69. The summed E-state index contributed by atoms with van der Waals surface area (Å²) < 4.78 is 11.4. The highest BCUT2D eigenvalue weighted by atomic mass is 35.5. The Morgan fingerprint density at radius 3 is 2.53 bits per heavy atom. The van der Waals surface area contributed by atoms with Gasteiger partial charge in [0.15, 0.2) is 11.5 Å². The number of aryl methyl sites for hydroxylation is 1. The van der Waals surface area contributed by atoms with Gasteiger partial charge in [-0.05, 0) is 48.4 Å². The molecule has 0 aromatic heterocycles. The number of benzene rings is 3. The van der Waals surface area contributed by atoms with Crippen molar-refractivity contribution in [3.05, 3.63) is 94.0 Å². The van der Waals surface area contributed by atoms with Crippen LogP contribution in [0.25, 0.3) is 6.08 Å². The second-order valence-electron chi connectivity index (χ2n) is 7.29. The fourth-order valence-corrected chi connectivity index (χ4v) is 3.68. The molecule has 2 amide bonds. The summed E-state index contributed by atoms with van der Waals surface area (Å²) in [6, 6.07) is 20.2. The molecule has 4 rings (SSSR count). The lowest BCUT2D eigenvalue weighted by Crippen LogP contribution is -2.35. The lowest BCUT2D eigenvalue weighted by atomic mass is 10.1. The third-order valence-electron chi connectivity index (χ3n) is 4.93. The Hall–Kier alpha value is -3.77. The number of rotatable bonds is 6.